The number of ether oxygens (including phenoxy) is 2. The average Bonchev–Trinajstić information content (AvgIpc) is 2.92. The zero-order valence-electron chi connectivity index (χ0n) is 21.7. The lowest BCUT2D eigenvalue weighted by atomic mass is 9.96. The summed E-state index contributed by atoms with van der Waals surface area (Å²) >= 11 is 0. The highest BCUT2D eigenvalue weighted by atomic mass is 16.5. The first kappa shape index (κ1) is 27.7. The number of hydrogen-bond donors (Lipinski definition) is 1. The molecule has 1 atom stereocenters. The zero-order chi connectivity index (χ0) is 26.6. The largest absolute Gasteiger partial charge is 0.507 e. The fraction of sp³-hybridized carbons (Fsp3) is 0.312. The first-order valence-electron chi connectivity index (χ1n) is 13.0. The number of esters is 1. The quantitative estimate of drug-likeness (QED) is 0.0797. The summed E-state index contributed by atoms with van der Waals surface area (Å²) in [7, 11) is 0. The molecule has 37 heavy (non-hydrogen) atoms. The van der Waals surface area contributed by atoms with E-state index in [1.165, 1.54) is 31.0 Å². The van der Waals surface area contributed by atoms with E-state index in [0.29, 0.717) is 18.6 Å². The normalized spacial score (nSPS) is 11.5. The van der Waals surface area contributed by atoms with Gasteiger partial charge in [0.25, 0.3) is 0 Å². The lowest BCUT2D eigenvalue weighted by molar-refractivity contribution is 0.0734. The third kappa shape index (κ3) is 8.07. The first-order valence-corrected chi connectivity index (χ1v) is 13.0. The molecular weight excluding hydrogens is 464 g/mol. The van der Waals surface area contributed by atoms with Crippen LogP contribution < -0.4 is 9.47 Å². The number of carbonyl (C=O) groups is 2. The van der Waals surface area contributed by atoms with Crippen LogP contribution in [0.3, 0.4) is 0 Å². The lowest BCUT2D eigenvalue weighted by Gasteiger charge is -2.11. The molecule has 3 aromatic carbocycles. The molecule has 0 saturated carbocycles. The Hall–Kier alpha value is -3.86. The molecule has 0 fully saturated rings. The van der Waals surface area contributed by atoms with Gasteiger partial charge in [0.15, 0.2) is 5.78 Å². The van der Waals surface area contributed by atoms with E-state index >= 15 is 0 Å². The third-order valence-corrected chi connectivity index (χ3v) is 6.38. The molecular formula is C32H36O5. The van der Waals surface area contributed by atoms with Gasteiger partial charge in [0.2, 0.25) is 0 Å². The van der Waals surface area contributed by atoms with Crippen LogP contribution in [0.2, 0.25) is 0 Å². The molecule has 0 heterocycles. The van der Waals surface area contributed by atoms with E-state index in [4.69, 9.17) is 9.47 Å². The molecule has 0 bridgehead atoms. The van der Waals surface area contributed by atoms with E-state index in [1.54, 1.807) is 12.1 Å². The number of carbonyl (C=O) groups excluding carboxylic acids is 2. The van der Waals surface area contributed by atoms with Crippen LogP contribution >= 0.6 is 0 Å². The van der Waals surface area contributed by atoms with Gasteiger partial charge in [-0.3, -0.25) is 4.79 Å². The van der Waals surface area contributed by atoms with Crippen molar-refractivity contribution in [2.24, 2.45) is 5.92 Å². The monoisotopic (exact) mass is 500 g/mol. The van der Waals surface area contributed by atoms with Gasteiger partial charge in [-0.15, -0.1) is 6.58 Å². The van der Waals surface area contributed by atoms with Gasteiger partial charge in [-0.2, -0.15) is 0 Å². The summed E-state index contributed by atoms with van der Waals surface area (Å²) in [5.41, 5.74) is 2.60. The number of phenols is 1. The number of ketones is 1. The van der Waals surface area contributed by atoms with Crippen LogP contribution in [0.15, 0.2) is 79.4 Å². The van der Waals surface area contributed by atoms with E-state index in [1.807, 2.05) is 56.3 Å². The van der Waals surface area contributed by atoms with E-state index < -0.39 is 5.97 Å². The standard InChI is InChI=1S/C32H36O5/c1-4-6-7-8-9-10-21-36-27-17-15-25(16-18-27)24-11-13-26(14-12-24)32(35)37-28-19-20-29(30(33)22-28)31(34)23(3)5-2/h4,11-20,22-23,33H,1,5-10,21H2,2-3H3/t23-/m0/s1. The molecule has 0 aliphatic carbocycles. The van der Waals surface area contributed by atoms with Gasteiger partial charge in [-0.1, -0.05) is 57.0 Å². The number of hydrogen-bond acceptors (Lipinski definition) is 5. The Kier molecular flexibility index (Phi) is 10.5. The minimum atomic E-state index is -0.541. The van der Waals surface area contributed by atoms with Gasteiger partial charge < -0.3 is 14.6 Å². The van der Waals surface area contributed by atoms with Gasteiger partial charge in [-0.25, -0.2) is 4.79 Å². The van der Waals surface area contributed by atoms with E-state index in [2.05, 4.69) is 6.58 Å². The summed E-state index contributed by atoms with van der Waals surface area (Å²) < 4.78 is 11.2. The number of unbranched alkanes of at least 4 members (excludes halogenated alkanes) is 4. The molecule has 1 N–H and O–H groups in total. The number of aromatic hydroxyl groups is 1. The lowest BCUT2D eigenvalue weighted by Crippen LogP contribution is -2.11. The van der Waals surface area contributed by atoms with Gasteiger partial charge in [0.05, 0.1) is 17.7 Å². The molecule has 0 aliphatic rings. The van der Waals surface area contributed by atoms with E-state index in [9.17, 15) is 14.7 Å². The van der Waals surface area contributed by atoms with Crippen LogP contribution in [0.5, 0.6) is 17.2 Å². The Morgan fingerprint density at radius 3 is 2.14 bits per heavy atom. The van der Waals surface area contributed by atoms with Gasteiger partial charge in [0, 0.05) is 12.0 Å². The SMILES string of the molecule is C=CCCCCCCOc1ccc(-c2ccc(C(=O)Oc3ccc(C(=O)[C@@H](C)CC)c(O)c3)cc2)cc1. The Morgan fingerprint density at radius 2 is 1.51 bits per heavy atom. The number of allylic oxidation sites excluding steroid dienone is 1. The molecule has 5 heteroatoms. The van der Waals surface area contributed by atoms with E-state index in [-0.39, 0.29) is 28.8 Å². The minimum absolute atomic E-state index is 0.136. The van der Waals surface area contributed by atoms with Crippen molar-refractivity contribution in [1.29, 1.82) is 0 Å². The highest BCUT2D eigenvalue weighted by Crippen LogP contribution is 2.28. The highest BCUT2D eigenvalue weighted by Gasteiger charge is 2.18. The average molecular weight is 501 g/mol. The summed E-state index contributed by atoms with van der Waals surface area (Å²) in [6, 6.07) is 19.4. The van der Waals surface area contributed by atoms with Crippen LogP contribution in [0.4, 0.5) is 0 Å². The van der Waals surface area contributed by atoms with E-state index in [0.717, 1.165) is 36.1 Å². The Labute approximate surface area is 219 Å². The highest BCUT2D eigenvalue weighted by molar-refractivity contribution is 6.00. The van der Waals surface area contributed by atoms with Crippen molar-refractivity contribution in [3.8, 4) is 28.4 Å². The Balaban J connectivity index is 1.53. The predicted octanol–water partition coefficient (Wildman–Crippen LogP) is 8.02. The molecule has 194 valence electrons. The van der Waals surface area contributed by atoms with Crippen molar-refractivity contribution in [1.82, 2.24) is 0 Å². The predicted molar refractivity (Wildman–Crippen MR) is 148 cm³/mol. The molecule has 0 aromatic heterocycles. The van der Waals surface area contributed by atoms with Crippen molar-refractivity contribution in [3.05, 3.63) is 90.5 Å². The first-order chi connectivity index (χ1) is 17.9. The van der Waals surface area contributed by atoms with Crippen molar-refractivity contribution in [2.45, 2.75) is 52.4 Å². The molecule has 0 amide bonds. The molecule has 0 radical (unpaired) electrons. The van der Waals surface area contributed by atoms with Gasteiger partial charge in [-0.05, 0) is 73.2 Å². The van der Waals surface area contributed by atoms with Crippen LogP contribution in [0.1, 0.15) is 73.1 Å². The number of phenolic OH excluding ortho intramolecular Hbond substituents is 1. The number of benzene rings is 3. The fourth-order valence-corrected chi connectivity index (χ4v) is 3.88. The minimum Gasteiger partial charge on any atom is -0.507 e. The smallest absolute Gasteiger partial charge is 0.343 e. The summed E-state index contributed by atoms with van der Waals surface area (Å²) in [6.07, 6.45) is 8.30. The second-order valence-electron chi connectivity index (χ2n) is 9.18. The van der Waals surface area contributed by atoms with Crippen molar-refractivity contribution in [2.75, 3.05) is 6.61 Å². The summed E-state index contributed by atoms with van der Waals surface area (Å²) in [4.78, 5) is 24.9. The van der Waals surface area contributed by atoms with Crippen LogP contribution in [-0.2, 0) is 0 Å². The number of Topliss-reactive ketones (excluding diaryl/α,β-unsaturated/α-hetero) is 1. The van der Waals surface area contributed by atoms with Crippen molar-refractivity contribution >= 4 is 11.8 Å². The summed E-state index contributed by atoms with van der Waals surface area (Å²) in [6.45, 7) is 8.18. The molecule has 0 spiro atoms. The molecule has 0 aliphatic heterocycles. The Bertz CT molecular complexity index is 1180. The molecule has 0 saturated heterocycles. The maximum atomic E-state index is 12.6. The van der Waals surface area contributed by atoms with Crippen molar-refractivity contribution in [3.63, 3.8) is 0 Å². The van der Waals surface area contributed by atoms with Crippen LogP contribution in [0.25, 0.3) is 11.1 Å². The maximum absolute atomic E-state index is 12.6. The fourth-order valence-electron chi connectivity index (χ4n) is 3.88. The van der Waals surface area contributed by atoms with Gasteiger partial charge in [0.1, 0.15) is 17.2 Å². The van der Waals surface area contributed by atoms with Crippen LogP contribution in [0, 0.1) is 5.92 Å². The zero-order valence-corrected chi connectivity index (χ0v) is 21.7. The topological polar surface area (TPSA) is 72.8 Å². The maximum Gasteiger partial charge on any atom is 0.343 e. The second kappa shape index (κ2) is 14.0. The molecule has 0 unspecified atom stereocenters. The van der Waals surface area contributed by atoms with Crippen molar-refractivity contribution < 1.29 is 24.2 Å². The summed E-state index contributed by atoms with van der Waals surface area (Å²) in [5.74, 6) is -0.0381. The second-order valence-corrected chi connectivity index (χ2v) is 9.18. The van der Waals surface area contributed by atoms with Crippen LogP contribution in [-0.4, -0.2) is 23.5 Å². The third-order valence-electron chi connectivity index (χ3n) is 6.38. The molecule has 5 nitrogen and oxygen atoms in total. The molecule has 3 aromatic rings. The Morgan fingerprint density at radius 1 is 0.892 bits per heavy atom. The molecule has 3 rings (SSSR count). The number of rotatable bonds is 14. The summed E-state index contributed by atoms with van der Waals surface area (Å²) in [5, 5.41) is 10.2. The van der Waals surface area contributed by atoms with Gasteiger partial charge >= 0.3 is 5.97 Å².